The molecule has 0 aliphatic rings. The predicted octanol–water partition coefficient (Wildman–Crippen LogP) is 1.05. The molecule has 90 valence electrons. The Balaban J connectivity index is 2.73. The van der Waals surface area contributed by atoms with E-state index in [4.69, 9.17) is 10.5 Å². The van der Waals surface area contributed by atoms with Crippen molar-refractivity contribution in [2.75, 3.05) is 31.6 Å². The van der Waals surface area contributed by atoms with E-state index in [9.17, 15) is 0 Å². The highest BCUT2D eigenvalue weighted by Crippen LogP contribution is 2.15. The smallest absolute Gasteiger partial charge is 0.218 e. The topological polar surface area (TPSA) is 64.3 Å². The Morgan fingerprint density at radius 2 is 2.19 bits per heavy atom. The number of unbranched alkanes of at least 4 members (excludes halogenated alkanes) is 1. The van der Waals surface area contributed by atoms with Crippen LogP contribution in [-0.2, 0) is 0 Å². The first-order chi connectivity index (χ1) is 7.81. The van der Waals surface area contributed by atoms with Crippen LogP contribution in [0.15, 0.2) is 12.4 Å². The molecule has 5 nitrogen and oxygen atoms in total. The number of ether oxygens (including phenoxy) is 1. The van der Waals surface area contributed by atoms with Crippen LogP contribution in [0.1, 0.15) is 19.8 Å². The maximum Gasteiger partial charge on any atom is 0.218 e. The fourth-order valence-corrected chi connectivity index (χ4v) is 1.46. The van der Waals surface area contributed by atoms with Crippen LogP contribution in [0.3, 0.4) is 0 Å². The van der Waals surface area contributed by atoms with Crippen LogP contribution in [0.5, 0.6) is 5.88 Å². The van der Waals surface area contributed by atoms with Crippen LogP contribution in [0, 0.1) is 0 Å². The molecule has 5 heteroatoms. The van der Waals surface area contributed by atoms with Crippen LogP contribution >= 0.6 is 0 Å². The Morgan fingerprint density at radius 1 is 1.38 bits per heavy atom. The third kappa shape index (κ3) is 3.66. The monoisotopic (exact) mass is 224 g/mol. The van der Waals surface area contributed by atoms with Crippen molar-refractivity contribution in [3.8, 4) is 5.88 Å². The maximum absolute atomic E-state index is 5.59. The van der Waals surface area contributed by atoms with E-state index in [2.05, 4.69) is 21.8 Å². The second-order valence-electron chi connectivity index (χ2n) is 3.55. The van der Waals surface area contributed by atoms with Crippen molar-refractivity contribution in [2.24, 2.45) is 5.73 Å². The minimum absolute atomic E-state index is 0.587. The van der Waals surface area contributed by atoms with Gasteiger partial charge in [-0.25, -0.2) is 9.97 Å². The molecule has 0 aliphatic carbocycles. The average Bonchev–Trinajstić information content (AvgIpc) is 2.34. The summed E-state index contributed by atoms with van der Waals surface area (Å²) in [5.41, 5.74) is 5.59. The largest absolute Gasteiger partial charge is 0.481 e. The second-order valence-corrected chi connectivity index (χ2v) is 3.55. The first-order valence-corrected chi connectivity index (χ1v) is 5.62. The molecule has 0 unspecified atom stereocenters. The molecule has 0 atom stereocenters. The third-order valence-corrected chi connectivity index (χ3v) is 2.34. The highest BCUT2D eigenvalue weighted by Gasteiger charge is 2.07. The molecule has 0 aromatic carbocycles. The highest BCUT2D eigenvalue weighted by atomic mass is 16.5. The van der Waals surface area contributed by atoms with E-state index in [1.807, 2.05) is 6.07 Å². The highest BCUT2D eigenvalue weighted by molar-refractivity contribution is 5.40. The van der Waals surface area contributed by atoms with Crippen molar-refractivity contribution in [3.05, 3.63) is 12.4 Å². The van der Waals surface area contributed by atoms with Gasteiger partial charge >= 0.3 is 0 Å². The molecular formula is C11H20N4O. The molecule has 0 saturated carbocycles. The van der Waals surface area contributed by atoms with Crippen molar-refractivity contribution in [3.63, 3.8) is 0 Å². The maximum atomic E-state index is 5.59. The first-order valence-electron chi connectivity index (χ1n) is 5.62. The van der Waals surface area contributed by atoms with Gasteiger partial charge in [0.1, 0.15) is 12.1 Å². The van der Waals surface area contributed by atoms with Crippen molar-refractivity contribution >= 4 is 5.82 Å². The van der Waals surface area contributed by atoms with Crippen LogP contribution in [0.4, 0.5) is 5.82 Å². The van der Waals surface area contributed by atoms with Gasteiger partial charge < -0.3 is 15.4 Å². The molecule has 16 heavy (non-hydrogen) atoms. The lowest BCUT2D eigenvalue weighted by molar-refractivity contribution is 0.396. The fraction of sp³-hybridized carbons (Fsp3) is 0.636. The van der Waals surface area contributed by atoms with Gasteiger partial charge in [-0.2, -0.15) is 0 Å². The molecule has 2 N–H and O–H groups in total. The molecule has 0 spiro atoms. The Kier molecular flexibility index (Phi) is 5.56. The van der Waals surface area contributed by atoms with Gasteiger partial charge in [0.2, 0.25) is 5.88 Å². The van der Waals surface area contributed by atoms with Gasteiger partial charge in [-0.3, -0.25) is 0 Å². The van der Waals surface area contributed by atoms with Gasteiger partial charge in [0.25, 0.3) is 0 Å². The number of aromatic nitrogens is 2. The van der Waals surface area contributed by atoms with Crippen molar-refractivity contribution < 1.29 is 4.74 Å². The zero-order valence-corrected chi connectivity index (χ0v) is 10.0. The van der Waals surface area contributed by atoms with Gasteiger partial charge in [0, 0.05) is 25.7 Å². The molecule has 0 fully saturated rings. The van der Waals surface area contributed by atoms with E-state index < -0.39 is 0 Å². The number of nitrogens with two attached hydrogens (primary N) is 1. The molecule has 0 aliphatic heterocycles. The lowest BCUT2D eigenvalue weighted by Crippen LogP contribution is -2.31. The first kappa shape index (κ1) is 12.7. The molecule has 0 bridgehead atoms. The minimum Gasteiger partial charge on any atom is -0.481 e. The zero-order valence-electron chi connectivity index (χ0n) is 10.0. The van der Waals surface area contributed by atoms with Gasteiger partial charge in [0.15, 0.2) is 0 Å². The van der Waals surface area contributed by atoms with Crippen molar-refractivity contribution in [1.82, 2.24) is 9.97 Å². The fourth-order valence-electron chi connectivity index (χ4n) is 1.46. The summed E-state index contributed by atoms with van der Waals surface area (Å²) in [5.74, 6) is 1.47. The minimum atomic E-state index is 0.587. The molecule has 0 radical (unpaired) electrons. The summed E-state index contributed by atoms with van der Waals surface area (Å²) in [5, 5.41) is 0. The zero-order chi connectivity index (χ0) is 11.8. The SMILES string of the molecule is CCCCN(CCN)c1cc(OC)ncn1. The van der Waals surface area contributed by atoms with Gasteiger partial charge in [-0.05, 0) is 6.42 Å². The number of methoxy groups -OCH3 is 1. The summed E-state index contributed by atoms with van der Waals surface area (Å²) in [6, 6.07) is 1.84. The quantitative estimate of drug-likeness (QED) is 0.750. The summed E-state index contributed by atoms with van der Waals surface area (Å²) in [6.45, 7) is 4.56. The molecule has 1 heterocycles. The average molecular weight is 224 g/mol. The number of hydrogen-bond acceptors (Lipinski definition) is 5. The number of anilines is 1. The van der Waals surface area contributed by atoms with Crippen LogP contribution in [0.25, 0.3) is 0 Å². The van der Waals surface area contributed by atoms with Crippen LogP contribution < -0.4 is 15.4 Å². The summed E-state index contributed by atoms with van der Waals surface area (Å²) < 4.78 is 5.08. The van der Waals surface area contributed by atoms with Crippen LogP contribution in [0.2, 0.25) is 0 Å². The second kappa shape index (κ2) is 7.00. The predicted molar refractivity (Wildman–Crippen MR) is 64.8 cm³/mol. The summed E-state index contributed by atoms with van der Waals surface area (Å²) in [6.07, 6.45) is 3.80. The van der Waals surface area contributed by atoms with E-state index in [0.29, 0.717) is 12.4 Å². The van der Waals surface area contributed by atoms with Gasteiger partial charge in [0.05, 0.1) is 7.11 Å². The molecular weight excluding hydrogens is 204 g/mol. The number of rotatable bonds is 7. The van der Waals surface area contributed by atoms with E-state index in [1.54, 1.807) is 7.11 Å². The number of hydrogen-bond donors (Lipinski definition) is 1. The molecule has 1 aromatic heterocycles. The van der Waals surface area contributed by atoms with Crippen LogP contribution in [-0.4, -0.2) is 36.7 Å². The van der Waals surface area contributed by atoms with E-state index in [1.165, 1.54) is 6.33 Å². The summed E-state index contributed by atoms with van der Waals surface area (Å²) >= 11 is 0. The molecule has 0 amide bonds. The Labute approximate surface area is 96.6 Å². The molecule has 1 aromatic rings. The number of nitrogens with zero attached hydrogens (tertiary/aromatic N) is 3. The standard InChI is InChI=1S/C11H20N4O/c1-3-4-6-15(7-5-12)10-8-11(16-2)14-9-13-10/h8-9H,3-7,12H2,1-2H3. The third-order valence-electron chi connectivity index (χ3n) is 2.34. The van der Waals surface area contributed by atoms with Crippen molar-refractivity contribution in [1.29, 1.82) is 0 Å². The summed E-state index contributed by atoms with van der Waals surface area (Å²) in [4.78, 5) is 10.4. The van der Waals surface area contributed by atoms with Crippen molar-refractivity contribution in [2.45, 2.75) is 19.8 Å². The van der Waals surface area contributed by atoms with Gasteiger partial charge in [-0.1, -0.05) is 13.3 Å². The Morgan fingerprint density at radius 3 is 2.81 bits per heavy atom. The molecule has 1 rings (SSSR count). The van der Waals surface area contributed by atoms with E-state index in [0.717, 1.165) is 31.7 Å². The summed E-state index contributed by atoms with van der Waals surface area (Å²) in [7, 11) is 1.60. The molecule has 0 saturated heterocycles. The van der Waals surface area contributed by atoms with Gasteiger partial charge in [-0.15, -0.1) is 0 Å². The van der Waals surface area contributed by atoms with E-state index in [-0.39, 0.29) is 0 Å². The van der Waals surface area contributed by atoms with E-state index >= 15 is 0 Å². The lowest BCUT2D eigenvalue weighted by Gasteiger charge is -2.22. The normalized spacial score (nSPS) is 10.2. The lowest BCUT2D eigenvalue weighted by atomic mass is 10.3. The Hall–Kier alpha value is -1.36. The Bertz CT molecular complexity index is 306.